The average molecular weight is 181 g/mol. The number of nitrogens with zero attached hydrogens (tertiary/aromatic N) is 1. The van der Waals surface area contributed by atoms with Crippen molar-refractivity contribution in [2.24, 2.45) is 0 Å². The Bertz CT molecular complexity index is 116. The monoisotopic (exact) mass is 182 g/mol. The van der Waals surface area contributed by atoms with Gasteiger partial charge < -0.3 is 4.98 Å². The molecule has 1 heterocycles. The fraction of sp³-hybridized carbons (Fsp3) is 0. The standard InChI is InChI=1S/C3H4N2S.H2Se/c6-3-4-1-2-5-3;/h1-2H,(H2,4,5,6);1H2. The average Bonchev–Trinajstić information content (AvgIpc) is 1.86. The minimum absolute atomic E-state index is 0. The van der Waals surface area contributed by atoms with Crippen LogP contribution in [0.1, 0.15) is 0 Å². The van der Waals surface area contributed by atoms with Gasteiger partial charge in [-0.3, -0.25) is 0 Å². The van der Waals surface area contributed by atoms with Gasteiger partial charge in [-0.15, -0.1) is 12.6 Å². The van der Waals surface area contributed by atoms with Crippen molar-refractivity contribution in [1.29, 1.82) is 0 Å². The Labute approximate surface area is 57.6 Å². The molecule has 0 aliphatic heterocycles. The molecular weight excluding hydrogens is 175 g/mol. The van der Waals surface area contributed by atoms with E-state index in [1.807, 2.05) is 0 Å². The van der Waals surface area contributed by atoms with Crippen LogP contribution in [0.4, 0.5) is 0 Å². The first-order valence-electron chi connectivity index (χ1n) is 1.58. The van der Waals surface area contributed by atoms with Crippen molar-refractivity contribution in [3.05, 3.63) is 12.4 Å². The Hall–Kier alpha value is 0.0795. The molecule has 1 aromatic rings. The van der Waals surface area contributed by atoms with E-state index in [9.17, 15) is 0 Å². The summed E-state index contributed by atoms with van der Waals surface area (Å²) < 4.78 is 0. The van der Waals surface area contributed by atoms with E-state index in [1.165, 1.54) is 0 Å². The summed E-state index contributed by atoms with van der Waals surface area (Å²) in [7, 11) is 0. The summed E-state index contributed by atoms with van der Waals surface area (Å²) in [6.07, 6.45) is 3.38. The Morgan fingerprint density at radius 1 is 1.71 bits per heavy atom. The molecule has 0 aliphatic carbocycles. The molecule has 1 N–H and O–H groups in total. The number of nitrogens with one attached hydrogen (secondary N) is 1. The summed E-state index contributed by atoms with van der Waals surface area (Å²) in [5.74, 6) is 0. The molecular formula is C3H6N2SSe. The first-order chi connectivity index (χ1) is 2.89. The summed E-state index contributed by atoms with van der Waals surface area (Å²) in [6.45, 7) is 0. The van der Waals surface area contributed by atoms with E-state index in [0.29, 0.717) is 5.16 Å². The minimum atomic E-state index is 0. The first-order valence-corrected chi connectivity index (χ1v) is 2.02. The third kappa shape index (κ3) is 2.02. The van der Waals surface area contributed by atoms with Gasteiger partial charge in [0, 0.05) is 12.4 Å². The van der Waals surface area contributed by atoms with Crippen LogP contribution >= 0.6 is 12.6 Å². The molecule has 2 nitrogen and oxygen atoms in total. The molecule has 0 radical (unpaired) electrons. The van der Waals surface area contributed by atoms with Gasteiger partial charge >= 0.3 is 17.1 Å². The molecule has 0 spiro atoms. The van der Waals surface area contributed by atoms with Crippen LogP contribution in [0, 0.1) is 0 Å². The van der Waals surface area contributed by atoms with Crippen LogP contribution in [0.5, 0.6) is 0 Å². The summed E-state index contributed by atoms with van der Waals surface area (Å²) in [5, 5.41) is 0.662. The molecule has 0 saturated heterocycles. The van der Waals surface area contributed by atoms with Crippen molar-refractivity contribution < 1.29 is 0 Å². The van der Waals surface area contributed by atoms with Crippen LogP contribution in [0.3, 0.4) is 0 Å². The van der Waals surface area contributed by atoms with Gasteiger partial charge in [-0.05, 0) is 0 Å². The maximum absolute atomic E-state index is 3.87. The van der Waals surface area contributed by atoms with E-state index in [2.05, 4.69) is 22.6 Å². The third-order valence-corrected chi connectivity index (χ3v) is 0.728. The summed E-state index contributed by atoms with van der Waals surface area (Å²) in [4.78, 5) is 6.48. The van der Waals surface area contributed by atoms with Gasteiger partial charge in [0.25, 0.3) is 0 Å². The Morgan fingerprint density at radius 3 is 2.57 bits per heavy atom. The normalized spacial score (nSPS) is 7.57. The molecule has 7 heavy (non-hydrogen) atoms. The van der Waals surface area contributed by atoms with Crippen LogP contribution in [0.15, 0.2) is 17.6 Å². The third-order valence-electron chi connectivity index (χ3n) is 0.484. The molecule has 0 fully saturated rings. The van der Waals surface area contributed by atoms with E-state index in [-0.39, 0.29) is 17.1 Å². The second kappa shape index (κ2) is 3.13. The fourth-order valence-corrected chi connectivity index (χ4v) is 0.398. The number of hydrogen-bond donors (Lipinski definition) is 2. The molecule has 0 aliphatic rings. The fourth-order valence-electron chi connectivity index (χ4n) is 0.257. The van der Waals surface area contributed by atoms with E-state index in [0.717, 1.165) is 0 Å². The van der Waals surface area contributed by atoms with Crippen molar-refractivity contribution in [2.45, 2.75) is 5.16 Å². The van der Waals surface area contributed by atoms with Crippen molar-refractivity contribution in [1.82, 2.24) is 9.97 Å². The van der Waals surface area contributed by atoms with Gasteiger partial charge in [0.15, 0.2) is 5.16 Å². The molecule has 0 amide bonds. The topological polar surface area (TPSA) is 28.7 Å². The SMILES string of the molecule is Sc1ncc[nH]1.[SeH2]. The van der Waals surface area contributed by atoms with Gasteiger partial charge in [-0.2, -0.15) is 0 Å². The van der Waals surface area contributed by atoms with E-state index in [4.69, 9.17) is 0 Å². The van der Waals surface area contributed by atoms with E-state index < -0.39 is 0 Å². The van der Waals surface area contributed by atoms with Gasteiger partial charge in [-0.1, -0.05) is 0 Å². The molecule has 0 saturated carbocycles. The van der Waals surface area contributed by atoms with Crippen LogP contribution in [-0.4, -0.2) is 27.0 Å². The zero-order valence-corrected chi connectivity index (χ0v) is 6.54. The second-order valence-electron chi connectivity index (χ2n) is 0.913. The van der Waals surface area contributed by atoms with Gasteiger partial charge in [-0.25, -0.2) is 4.98 Å². The van der Waals surface area contributed by atoms with Crippen LogP contribution in [0.25, 0.3) is 0 Å². The number of H-pyrrole nitrogens is 1. The predicted octanol–water partition coefficient (Wildman–Crippen LogP) is -0.218. The van der Waals surface area contributed by atoms with Gasteiger partial charge in [0.2, 0.25) is 0 Å². The van der Waals surface area contributed by atoms with Gasteiger partial charge in [0.05, 0.1) is 0 Å². The number of aromatic amines is 1. The van der Waals surface area contributed by atoms with Crippen molar-refractivity contribution in [3.8, 4) is 0 Å². The second-order valence-corrected chi connectivity index (χ2v) is 1.34. The Morgan fingerprint density at radius 2 is 2.43 bits per heavy atom. The quantitative estimate of drug-likeness (QED) is 0.420. The summed E-state index contributed by atoms with van der Waals surface area (Å²) >= 11 is 3.87. The molecule has 40 valence electrons. The number of hydrogen-bond acceptors (Lipinski definition) is 2. The number of rotatable bonds is 0. The zero-order chi connectivity index (χ0) is 4.41. The van der Waals surface area contributed by atoms with Crippen molar-refractivity contribution in [3.63, 3.8) is 0 Å². The molecule has 0 aromatic carbocycles. The number of aromatic nitrogens is 2. The number of imidazole rings is 1. The molecule has 0 bridgehead atoms. The molecule has 0 unspecified atom stereocenters. The van der Waals surface area contributed by atoms with E-state index >= 15 is 0 Å². The summed E-state index contributed by atoms with van der Waals surface area (Å²) in [6, 6.07) is 0. The summed E-state index contributed by atoms with van der Waals surface area (Å²) in [5.41, 5.74) is 0. The number of thiol groups is 1. The van der Waals surface area contributed by atoms with Crippen molar-refractivity contribution in [2.75, 3.05) is 0 Å². The van der Waals surface area contributed by atoms with Crippen molar-refractivity contribution >= 4 is 29.7 Å². The maximum atomic E-state index is 3.87. The molecule has 0 atom stereocenters. The van der Waals surface area contributed by atoms with Gasteiger partial charge in [0.1, 0.15) is 0 Å². The zero-order valence-electron chi connectivity index (χ0n) is 3.55. The Kier molecular flexibility index (Phi) is 3.17. The molecule has 1 aromatic heterocycles. The predicted molar refractivity (Wildman–Crippen MR) is 34.4 cm³/mol. The van der Waals surface area contributed by atoms with Crippen LogP contribution in [0.2, 0.25) is 0 Å². The first kappa shape index (κ1) is 7.08. The molecule has 4 heteroatoms. The van der Waals surface area contributed by atoms with Crippen LogP contribution < -0.4 is 0 Å². The van der Waals surface area contributed by atoms with Crippen LogP contribution in [-0.2, 0) is 0 Å². The van der Waals surface area contributed by atoms with E-state index in [1.54, 1.807) is 12.4 Å². The Balaban J connectivity index is 0.000000360. The molecule has 1 rings (SSSR count).